The minimum atomic E-state index is -0.929. The maximum absolute atomic E-state index is 11.1. The van der Waals surface area contributed by atoms with Gasteiger partial charge in [0.25, 0.3) is 0 Å². The molecule has 0 aromatic heterocycles. The highest BCUT2D eigenvalue weighted by Crippen LogP contribution is 2.16. The molecule has 0 saturated carbocycles. The maximum Gasteiger partial charge on any atom is 0.335 e. The molecule has 78 valence electrons. The van der Waals surface area contributed by atoms with Crippen molar-refractivity contribution in [1.29, 1.82) is 0 Å². The van der Waals surface area contributed by atoms with E-state index in [1.807, 2.05) is 0 Å². The summed E-state index contributed by atoms with van der Waals surface area (Å²) in [6.07, 6.45) is 1.04. The Morgan fingerprint density at radius 3 is 2.80 bits per heavy atom. The molecule has 1 aromatic rings. The Morgan fingerprint density at radius 1 is 1.27 bits per heavy atom. The van der Waals surface area contributed by atoms with Gasteiger partial charge in [-0.2, -0.15) is 0 Å². The van der Waals surface area contributed by atoms with Crippen molar-refractivity contribution in [3.05, 3.63) is 34.9 Å². The van der Waals surface area contributed by atoms with Gasteiger partial charge in [-0.1, -0.05) is 6.07 Å². The Balaban J connectivity index is 2.36. The lowest BCUT2D eigenvalue weighted by molar-refractivity contribution is -0.121. The highest BCUT2D eigenvalue weighted by Gasteiger charge is 2.13. The van der Waals surface area contributed by atoms with Crippen LogP contribution in [0.2, 0.25) is 0 Å². The Morgan fingerprint density at radius 2 is 2.07 bits per heavy atom. The number of hydrogen-bond acceptors (Lipinski definition) is 2. The standard InChI is InChI=1S/C11H11NO3/c13-10-4-3-7-5-8(11(14)15)1-2-9(7)6-12-10/h1-2,5H,3-4,6H2,(H,12,13)(H,14,15). The monoisotopic (exact) mass is 205 g/mol. The second-order valence-electron chi connectivity index (χ2n) is 3.57. The van der Waals surface area contributed by atoms with Crippen molar-refractivity contribution in [3.8, 4) is 0 Å². The van der Waals surface area contributed by atoms with Crippen LogP contribution in [0.5, 0.6) is 0 Å². The molecule has 1 aliphatic heterocycles. The molecule has 0 aliphatic carbocycles. The van der Waals surface area contributed by atoms with E-state index in [4.69, 9.17) is 5.11 Å². The molecule has 4 nitrogen and oxygen atoms in total. The minimum Gasteiger partial charge on any atom is -0.478 e. The van der Waals surface area contributed by atoms with Gasteiger partial charge in [0.1, 0.15) is 0 Å². The SMILES string of the molecule is O=C1CCc2cc(C(=O)O)ccc2CN1. The van der Waals surface area contributed by atoms with E-state index in [-0.39, 0.29) is 11.5 Å². The molecule has 0 radical (unpaired) electrons. The third-order valence-electron chi connectivity index (χ3n) is 2.55. The third kappa shape index (κ3) is 1.98. The van der Waals surface area contributed by atoms with Crippen LogP contribution < -0.4 is 5.32 Å². The first-order chi connectivity index (χ1) is 7.16. The lowest BCUT2D eigenvalue weighted by Crippen LogP contribution is -2.20. The first-order valence-corrected chi connectivity index (χ1v) is 4.78. The molecule has 0 unspecified atom stereocenters. The van der Waals surface area contributed by atoms with Crippen molar-refractivity contribution in [1.82, 2.24) is 5.32 Å². The van der Waals surface area contributed by atoms with Crippen LogP contribution in [0.15, 0.2) is 18.2 Å². The predicted octanol–water partition coefficient (Wildman–Crippen LogP) is 0.947. The fourth-order valence-electron chi connectivity index (χ4n) is 1.69. The normalized spacial score (nSPS) is 15.1. The van der Waals surface area contributed by atoms with Gasteiger partial charge in [-0.3, -0.25) is 4.79 Å². The number of rotatable bonds is 1. The summed E-state index contributed by atoms with van der Waals surface area (Å²) < 4.78 is 0. The molecule has 2 N–H and O–H groups in total. The fraction of sp³-hybridized carbons (Fsp3) is 0.273. The van der Waals surface area contributed by atoms with E-state index in [2.05, 4.69) is 5.32 Å². The molecule has 0 atom stereocenters. The third-order valence-corrected chi connectivity index (χ3v) is 2.55. The lowest BCUT2D eigenvalue weighted by Gasteiger charge is -2.05. The Kier molecular flexibility index (Phi) is 2.41. The van der Waals surface area contributed by atoms with Crippen LogP contribution in [0.3, 0.4) is 0 Å². The number of benzene rings is 1. The second-order valence-corrected chi connectivity index (χ2v) is 3.57. The molecule has 0 spiro atoms. The van der Waals surface area contributed by atoms with Crippen LogP contribution in [-0.2, 0) is 17.8 Å². The summed E-state index contributed by atoms with van der Waals surface area (Å²) in [7, 11) is 0. The van der Waals surface area contributed by atoms with Gasteiger partial charge in [0.15, 0.2) is 0 Å². The highest BCUT2D eigenvalue weighted by molar-refractivity contribution is 5.88. The fourth-order valence-corrected chi connectivity index (χ4v) is 1.69. The number of nitrogens with one attached hydrogen (secondary N) is 1. The molecule has 4 heteroatoms. The summed E-state index contributed by atoms with van der Waals surface area (Å²) in [5, 5.41) is 11.6. The number of carbonyl (C=O) groups is 2. The van der Waals surface area contributed by atoms with Gasteiger partial charge in [0.05, 0.1) is 5.56 Å². The smallest absolute Gasteiger partial charge is 0.335 e. The summed E-state index contributed by atoms with van der Waals surface area (Å²) >= 11 is 0. The quantitative estimate of drug-likeness (QED) is 0.717. The van der Waals surface area contributed by atoms with E-state index in [1.54, 1.807) is 18.2 Å². The molecule has 0 saturated heterocycles. The number of carbonyl (C=O) groups excluding carboxylic acids is 1. The van der Waals surface area contributed by atoms with E-state index in [0.717, 1.165) is 11.1 Å². The van der Waals surface area contributed by atoms with E-state index in [0.29, 0.717) is 19.4 Å². The van der Waals surface area contributed by atoms with E-state index in [1.165, 1.54) is 0 Å². The van der Waals surface area contributed by atoms with E-state index in [9.17, 15) is 9.59 Å². The Labute approximate surface area is 86.9 Å². The summed E-state index contributed by atoms with van der Waals surface area (Å²) in [5.74, 6) is -0.913. The average Bonchev–Trinajstić information content (AvgIpc) is 2.40. The van der Waals surface area contributed by atoms with Crippen molar-refractivity contribution in [3.63, 3.8) is 0 Å². The van der Waals surface area contributed by atoms with Crippen molar-refractivity contribution in [2.24, 2.45) is 0 Å². The minimum absolute atomic E-state index is 0.0167. The first-order valence-electron chi connectivity index (χ1n) is 4.78. The molecular weight excluding hydrogens is 194 g/mol. The number of carboxylic acid groups (broad SMARTS) is 1. The number of fused-ring (bicyclic) bond motifs is 1. The van der Waals surface area contributed by atoms with Gasteiger partial charge in [-0.05, 0) is 29.7 Å². The van der Waals surface area contributed by atoms with Crippen LogP contribution >= 0.6 is 0 Å². The van der Waals surface area contributed by atoms with Crippen molar-refractivity contribution in [2.45, 2.75) is 19.4 Å². The van der Waals surface area contributed by atoms with Crippen molar-refractivity contribution in [2.75, 3.05) is 0 Å². The molecular formula is C11H11NO3. The zero-order chi connectivity index (χ0) is 10.8. The second kappa shape index (κ2) is 3.73. The number of hydrogen-bond donors (Lipinski definition) is 2. The van der Waals surface area contributed by atoms with Gasteiger partial charge < -0.3 is 10.4 Å². The lowest BCUT2D eigenvalue weighted by atomic mass is 10.0. The first kappa shape index (κ1) is 9.71. The zero-order valence-corrected chi connectivity index (χ0v) is 8.12. The van der Waals surface area contributed by atoms with Gasteiger partial charge >= 0.3 is 5.97 Å². The molecule has 1 aliphatic rings. The Hall–Kier alpha value is -1.84. The number of carboxylic acids is 1. The molecule has 15 heavy (non-hydrogen) atoms. The van der Waals surface area contributed by atoms with Crippen LogP contribution in [-0.4, -0.2) is 17.0 Å². The summed E-state index contributed by atoms with van der Waals surface area (Å²) in [5.41, 5.74) is 2.24. The molecule has 2 rings (SSSR count). The van der Waals surface area contributed by atoms with Gasteiger partial charge in [0.2, 0.25) is 5.91 Å². The predicted molar refractivity (Wildman–Crippen MR) is 53.6 cm³/mol. The largest absolute Gasteiger partial charge is 0.478 e. The maximum atomic E-state index is 11.1. The number of aromatic carboxylic acids is 1. The van der Waals surface area contributed by atoms with Crippen molar-refractivity contribution >= 4 is 11.9 Å². The molecule has 1 heterocycles. The highest BCUT2D eigenvalue weighted by atomic mass is 16.4. The van der Waals surface area contributed by atoms with E-state index < -0.39 is 5.97 Å². The molecule has 0 bridgehead atoms. The van der Waals surface area contributed by atoms with Crippen molar-refractivity contribution < 1.29 is 14.7 Å². The molecule has 1 amide bonds. The van der Waals surface area contributed by atoms with Gasteiger partial charge in [-0.25, -0.2) is 4.79 Å². The van der Waals surface area contributed by atoms with Gasteiger partial charge in [0, 0.05) is 13.0 Å². The van der Waals surface area contributed by atoms with Crippen LogP contribution in [0, 0.1) is 0 Å². The van der Waals surface area contributed by atoms with E-state index >= 15 is 0 Å². The summed E-state index contributed by atoms with van der Waals surface area (Å²) in [4.78, 5) is 21.9. The number of aryl methyl sites for hydroxylation is 1. The summed E-state index contributed by atoms with van der Waals surface area (Å²) in [6.45, 7) is 0.494. The van der Waals surface area contributed by atoms with Crippen LogP contribution in [0.25, 0.3) is 0 Å². The zero-order valence-electron chi connectivity index (χ0n) is 8.12. The number of amides is 1. The molecule has 0 fully saturated rings. The topological polar surface area (TPSA) is 66.4 Å². The Bertz CT molecular complexity index is 426. The molecule has 1 aromatic carbocycles. The van der Waals surface area contributed by atoms with Crippen LogP contribution in [0.4, 0.5) is 0 Å². The van der Waals surface area contributed by atoms with Gasteiger partial charge in [-0.15, -0.1) is 0 Å². The summed E-state index contributed by atoms with van der Waals surface area (Å²) in [6, 6.07) is 4.99. The average molecular weight is 205 g/mol. The van der Waals surface area contributed by atoms with Crippen LogP contribution in [0.1, 0.15) is 27.9 Å².